The van der Waals surface area contributed by atoms with E-state index in [1.165, 1.54) is 0 Å². The van der Waals surface area contributed by atoms with Crippen LogP contribution in [0.25, 0.3) is 0 Å². The summed E-state index contributed by atoms with van der Waals surface area (Å²) in [5, 5.41) is 0. The van der Waals surface area contributed by atoms with Crippen LogP contribution in [-0.4, -0.2) is 13.1 Å². The summed E-state index contributed by atoms with van der Waals surface area (Å²) in [6.45, 7) is 6.70. The van der Waals surface area contributed by atoms with Crippen LogP contribution in [0.4, 0.5) is 10.1 Å². The molecule has 2 N–H and O–H groups in total. The second kappa shape index (κ2) is 5.30. The first-order valence-electron chi connectivity index (χ1n) is 5.68. The molecular weight excluding hydrogens is 203 g/mol. The zero-order valence-corrected chi connectivity index (χ0v) is 10.5. The molecule has 0 amide bonds. The summed E-state index contributed by atoms with van der Waals surface area (Å²) < 4.78 is 13.6. The van der Waals surface area contributed by atoms with Gasteiger partial charge in [0.2, 0.25) is 0 Å². The number of halogens is 1. The molecule has 0 fully saturated rings. The van der Waals surface area contributed by atoms with Crippen LogP contribution in [0.2, 0.25) is 0 Å². The number of nitrogens with two attached hydrogens (primary N) is 1. The van der Waals surface area contributed by atoms with Crippen molar-refractivity contribution in [2.75, 3.05) is 11.9 Å². The number of benzene rings is 1. The molecule has 0 radical (unpaired) electrons. The highest BCUT2D eigenvalue weighted by molar-refractivity contribution is 5.48. The predicted octanol–water partition coefficient (Wildman–Crippen LogP) is 2.77. The molecule has 3 heteroatoms. The molecule has 0 aliphatic rings. The van der Waals surface area contributed by atoms with Gasteiger partial charge in [0.15, 0.2) is 0 Å². The van der Waals surface area contributed by atoms with Crippen LogP contribution in [-0.2, 0) is 6.54 Å². The minimum Gasteiger partial charge on any atom is -0.372 e. The lowest BCUT2D eigenvalue weighted by Crippen LogP contribution is -2.33. The van der Waals surface area contributed by atoms with Crippen molar-refractivity contribution in [2.45, 2.75) is 33.4 Å². The van der Waals surface area contributed by atoms with E-state index in [0.717, 1.165) is 5.69 Å². The third kappa shape index (κ3) is 2.73. The lowest BCUT2D eigenvalue weighted by atomic mass is 10.0. The number of hydrogen-bond donors (Lipinski definition) is 1. The first-order chi connectivity index (χ1) is 7.47. The highest BCUT2D eigenvalue weighted by atomic mass is 19.1. The van der Waals surface area contributed by atoms with Crippen LogP contribution in [0.3, 0.4) is 0 Å². The van der Waals surface area contributed by atoms with Gasteiger partial charge < -0.3 is 10.6 Å². The number of anilines is 1. The highest BCUT2D eigenvalue weighted by Gasteiger charge is 2.14. The molecular formula is C13H21FN2. The molecule has 1 unspecified atom stereocenters. The zero-order valence-electron chi connectivity index (χ0n) is 10.5. The Kier molecular flexibility index (Phi) is 4.30. The molecule has 1 rings (SSSR count). The summed E-state index contributed by atoms with van der Waals surface area (Å²) in [6, 6.07) is 5.61. The van der Waals surface area contributed by atoms with Gasteiger partial charge in [-0.2, -0.15) is 0 Å². The van der Waals surface area contributed by atoms with Gasteiger partial charge in [-0.15, -0.1) is 0 Å². The third-order valence-corrected chi connectivity index (χ3v) is 3.24. The molecule has 0 saturated heterocycles. The Morgan fingerprint density at radius 1 is 1.31 bits per heavy atom. The van der Waals surface area contributed by atoms with E-state index in [1.807, 2.05) is 13.1 Å². The second-order valence-electron chi connectivity index (χ2n) is 4.58. The minimum absolute atomic E-state index is 0.220. The second-order valence-corrected chi connectivity index (χ2v) is 4.58. The Balaban J connectivity index is 2.92. The van der Waals surface area contributed by atoms with E-state index in [-0.39, 0.29) is 12.4 Å². The van der Waals surface area contributed by atoms with Crippen LogP contribution in [0.15, 0.2) is 18.2 Å². The van der Waals surface area contributed by atoms with E-state index >= 15 is 0 Å². The SMILES string of the molecule is CC(C)C(C)N(C)c1ccc(CN)c(F)c1. The fraction of sp³-hybridized carbons (Fsp3) is 0.538. The largest absolute Gasteiger partial charge is 0.372 e. The number of rotatable bonds is 4. The van der Waals surface area contributed by atoms with E-state index in [9.17, 15) is 4.39 Å². The smallest absolute Gasteiger partial charge is 0.129 e. The summed E-state index contributed by atoms with van der Waals surface area (Å²) in [5.74, 6) is 0.310. The Morgan fingerprint density at radius 2 is 1.94 bits per heavy atom. The topological polar surface area (TPSA) is 29.3 Å². The molecule has 0 aliphatic carbocycles. The van der Waals surface area contributed by atoms with Gasteiger partial charge in [-0.3, -0.25) is 0 Å². The van der Waals surface area contributed by atoms with Crippen molar-refractivity contribution < 1.29 is 4.39 Å². The highest BCUT2D eigenvalue weighted by Crippen LogP contribution is 2.21. The lowest BCUT2D eigenvalue weighted by molar-refractivity contribution is 0.504. The van der Waals surface area contributed by atoms with Crippen LogP contribution in [0.1, 0.15) is 26.3 Å². The van der Waals surface area contributed by atoms with Gasteiger partial charge in [-0.05, 0) is 25.0 Å². The van der Waals surface area contributed by atoms with Crippen molar-refractivity contribution in [3.8, 4) is 0 Å². The molecule has 0 saturated carbocycles. The Morgan fingerprint density at radius 3 is 2.38 bits per heavy atom. The summed E-state index contributed by atoms with van der Waals surface area (Å²) in [4.78, 5) is 2.09. The minimum atomic E-state index is -0.220. The van der Waals surface area contributed by atoms with Gasteiger partial charge in [0, 0.05) is 30.9 Å². The van der Waals surface area contributed by atoms with Gasteiger partial charge in [-0.1, -0.05) is 19.9 Å². The number of hydrogen-bond acceptors (Lipinski definition) is 2. The van der Waals surface area contributed by atoms with Crippen molar-refractivity contribution in [2.24, 2.45) is 11.7 Å². The molecule has 1 aromatic rings. The van der Waals surface area contributed by atoms with Gasteiger partial charge in [0.1, 0.15) is 5.82 Å². The van der Waals surface area contributed by atoms with E-state index in [0.29, 0.717) is 17.5 Å². The first kappa shape index (κ1) is 13.0. The van der Waals surface area contributed by atoms with Gasteiger partial charge in [0.05, 0.1) is 0 Å². The molecule has 16 heavy (non-hydrogen) atoms. The molecule has 0 aromatic heterocycles. The molecule has 0 heterocycles. The summed E-state index contributed by atoms with van der Waals surface area (Å²) in [7, 11) is 1.99. The summed E-state index contributed by atoms with van der Waals surface area (Å²) >= 11 is 0. The first-order valence-corrected chi connectivity index (χ1v) is 5.68. The third-order valence-electron chi connectivity index (χ3n) is 3.24. The molecule has 1 aromatic carbocycles. The molecule has 0 bridgehead atoms. The molecule has 2 nitrogen and oxygen atoms in total. The quantitative estimate of drug-likeness (QED) is 0.852. The van der Waals surface area contributed by atoms with Gasteiger partial charge in [-0.25, -0.2) is 4.39 Å². The Bertz CT molecular complexity index is 350. The predicted molar refractivity (Wildman–Crippen MR) is 67.0 cm³/mol. The Hall–Kier alpha value is -1.09. The molecule has 0 aliphatic heterocycles. The summed E-state index contributed by atoms with van der Waals surface area (Å²) in [5.41, 5.74) is 6.89. The zero-order chi connectivity index (χ0) is 12.3. The average molecular weight is 224 g/mol. The summed E-state index contributed by atoms with van der Waals surface area (Å²) in [6.07, 6.45) is 0. The molecule has 90 valence electrons. The van der Waals surface area contributed by atoms with Gasteiger partial charge >= 0.3 is 0 Å². The molecule has 0 spiro atoms. The fourth-order valence-electron chi connectivity index (χ4n) is 1.60. The van der Waals surface area contributed by atoms with Gasteiger partial charge in [0.25, 0.3) is 0 Å². The van der Waals surface area contributed by atoms with Crippen molar-refractivity contribution in [1.82, 2.24) is 0 Å². The van der Waals surface area contributed by atoms with Crippen LogP contribution < -0.4 is 10.6 Å². The van der Waals surface area contributed by atoms with Crippen LogP contribution in [0, 0.1) is 11.7 Å². The Labute approximate surface area is 97.3 Å². The van der Waals surface area contributed by atoms with E-state index in [1.54, 1.807) is 12.1 Å². The van der Waals surface area contributed by atoms with Crippen LogP contribution >= 0.6 is 0 Å². The van der Waals surface area contributed by atoms with Crippen molar-refractivity contribution in [3.63, 3.8) is 0 Å². The maximum absolute atomic E-state index is 13.6. The standard InChI is InChI=1S/C13H21FN2/c1-9(2)10(3)16(4)12-6-5-11(8-15)13(14)7-12/h5-7,9-10H,8,15H2,1-4H3. The average Bonchev–Trinajstić information content (AvgIpc) is 2.26. The maximum Gasteiger partial charge on any atom is 0.129 e. The van der Waals surface area contributed by atoms with Crippen LogP contribution in [0.5, 0.6) is 0 Å². The van der Waals surface area contributed by atoms with E-state index in [2.05, 4.69) is 25.7 Å². The van der Waals surface area contributed by atoms with Crippen molar-refractivity contribution >= 4 is 5.69 Å². The monoisotopic (exact) mass is 224 g/mol. The fourth-order valence-corrected chi connectivity index (χ4v) is 1.60. The number of nitrogens with zero attached hydrogens (tertiary/aromatic N) is 1. The molecule has 1 atom stereocenters. The van der Waals surface area contributed by atoms with E-state index < -0.39 is 0 Å². The lowest BCUT2D eigenvalue weighted by Gasteiger charge is -2.30. The van der Waals surface area contributed by atoms with Crippen molar-refractivity contribution in [3.05, 3.63) is 29.6 Å². The van der Waals surface area contributed by atoms with E-state index in [4.69, 9.17) is 5.73 Å². The maximum atomic E-state index is 13.6. The normalized spacial score (nSPS) is 12.9. The van der Waals surface area contributed by atoms with Crippen molar-refractivity contribution in [1.29, 1.82) is 0 Å².